The van der Waals surface area contributed by atoms with Crippen molar-refractivity contribution in [2.75, 3.05) is 38.8 Å². The molecular formula is C37H38Cl2FN3O7. The SMILES string of the molecule is COc1ccc([C@H](Cc2c(Cl)c[nH+]cc2Cl)OC(=O)c2ccc(F)c(CN(C(=O)O[C@H]3CN4CCC3CC4)c3ccccc3)c2)cc1OC.[OH-]. The number of nitrogens with zero attached hydrogens (tertiary/aromatic N) is 2. The van der Waals surface area contributed by atoms with Crippen molar-refractivity contribution in [3.63, 3.8) is 0 Å². The molecule has 3 aliphatic rings. The van der Waals surface area contributed by atoms with E-state index >= 15 is 4.39 Å². The average molecular weight is 727 g/mol. The molecular weight excluding hydrogens is 688 g/mol. The number of hydrogen-bond acceptors (Lipinski definition) is 8. The molecule has 3 aromatic carbocycles. The molecule has 1 amide bonds. The third-order valence-corrected chi connectivity index (χ3v) is 9.84. The number of piperidine rings is 3. The molecule has 0 unspecified atom stereocenters. The van der Waals surface area contributed by atoms with Crippen LogP contribution in [0.2, 0.25) is 10.0 Å². The van der Waals surface area contributed by atoms with Gasteiger partial charge in [-0.2, -0.15) is 0 Å². The first kappa shape index (κ1) is 36.9. The zero-order valence-electron chi connectivity index (χ0n) is 27.6. The number of methoxy groups -OCH3 is 2. The number of aromatic amines is 1. The third kappa shape index (κ3) is 8.30. The van der Waals surface area contributed by atoms with Crippen molar-refractivity contribution in [1.82, 2.24) is 4.90 Å². The van der Waals surface area contributed by atoms with Gasteiger partial charge in [0.25, 0.3) is 0 Å². The number of rotatable bonds is 11. The van der Waals surface area contributed by atoms with E-state index in [4.69, 9.17) is 42.1 Å². The quantitative estimate of drug-likeness (QED) is 0.149. The summed E-state index contributed by atoms with van der Waals surface area (Å²) < 4.78 is 38.4. The maximum Gasteiger partial charge on any atom is 0.414 e. The number of para-hydroxylation sites is 1. The summed E-state index contributed by atoms with van der Waals surface area (Å²) >= 11 is 13.0. The second-order valence-corrected chi connectivity index (χ2v) is 12.9. The third-order valence-electron chi connectivity index (χ3n) is 9.16. The minimum Gasteiger partial charge on any atom is -0.870 e. The van der Waals surface area contributed by atoms with Gasteiger partial charge in [-0.1, -0.05) is 47.5 Å². The van der Waals surface area contributed by atoms with Gasteiger partial charge in [0.2, 0.25) is 0 Å². The number of carbonyl (C=O) groups excluding carboxylic acids is 2. The van der Waals surface area contributed by atoms with E-state index in [1.54, 1.807) is 54.9 Å². The fraction of sp³-hybridized carbons (Fsp3) is 0.324. The smallest absolute Gasteiger partial charge is 0.414 e. The maximum atomic E-state index is 15.4. The summed E-state index contributed by atoms with van der Waals surface area (Å²) in [5, 5.41) is 0.730. The van der Waals surface area contributed by atoms with Crippen LogP contribution >= 0.6 is 23.2 Å². The van der Waals surface area contributed by atoms with Crippen molar-refractivity contribution < 1.29 is 43.4 Å². The molecule has 2 N–H and O–H groups in total. The van der Waals surface area contributed by atoms with Crippen molar-refractivity contribution in [1.29, 1.82) is 0 Å². The minimum absolute atomic E-state index is 0. The Balaban J connectivity index is 0.00000486. The largest absolute Gasteiger partial charge is 0.870 e. The van der Waals surface area contributed by atoms with Crippen molar-refractivity contribution in [2.45, 2.75) is 38.0 Å². The number of fused-ring (bicyclic) bond motifs is 3. The number of amides is 1. The number of esters is 1. The molecule has 3 aliphatic heterocycles. The van der Waals surface area contributed by atoms with Crippen LogP contribution in [0.5, 0.6) is 11.5 Å². The second kappa shape index (κ2) is 16.5. The second-order valence-electron chi connectivity index (χ2n) is 12.1. The van der Waals surface area contributed by atoms with Crippen LogP contribution in [0.25, 0.3) is 0 Å². The molecule has 4 aromatic rings. The standard InChI is InChI=1S/C37H36Cl2FN3O6.H2O/c1-46-32-11-9-24(17-34(32)47-2)33(18-28-29(38)19-41-20-30(28)39)48-36(44)25-8-10-31(40)26(16-25)21-43(27-6-4-3-5-7-27)37(45)49-35-22-42-14-12-23(35)13-15-42;/h3-11,16-17,19-20,23,33,35H,12-15,18,21-22H2,1-2H3;1H2/t33-,35-;/m0./s1. The van der Waals surface area contributed by atoms with Crippen LogP contribution in [0.4, 0.5) is 14.9 Å². The van der Waals surface area contributed by atoms with Gasteiger partial charge in [0, 0.05) is 29.8 Å². The van der Waals surface area contributed by atoms with Crippen LogP contribution in [0, 0.1) is 11.7 Å². The van der Waals surface area contributed by atoms with Crippen molar-refractivity contribution in [3.8, 4) is 11.5 Å². The van der Waals surface area contributed by atoms with Crippen LogP contribution in [-0.4, -0.2) is 62.4 Å². The van der Waals surface area contributed by atoms with Crippen LogP contribution in [0.3, 0.4) is 0 Å². The van der Waals surface area contributed by atoms with Crippen LogP contribution in [0.15, 0.2) is 79.1 Å². The van der Waals surface area contributed by atoms with Crippen LogP contribution < -0.4 is 19.4 Å². The Morgan fingerprint density at radius 1 is 0.960 bits per heavy atom. The lowest BCUT2D eigenvalue weighted by atomic mass is 9.86. The van der Waals surface area contributed by atoms with E-state index in [9.17, 15) is 9.59 Å². The first-order chi connectivity index (χ1) is 23.7. The Kier molecular flexibility index (Phi) is 12.2. The Bertz CT molecular complexity index is 1790. The number of halogens is 3. The van der Waals surface area contributed by atoms with Gasteiger partial charge in [-0.15, -0.1) is 0 Å². The normalized spacial score (nSPS) is 18.4. The lowest BCUT2D eigenvalue weighted by Crippen LogP contribution is -2.53. The predicted octanol–water partition coefficient (Wildman–Crippen LogP) is 7.17. The molecule has 0 spiro atoms. The zero-order valence-corrected chi connectivity index (χ0v) is 29.1. The highest BCUT2D eigenvalue weighted by Gasteiger charge is 2.37. The molecule has 4 heterocycles. The lowest BCUT2D eigenvalue weighted by Gasteiger charge is -2.44. The molecule has 1 aromatic heterocycles. The van der Waals surface area contributed by atoms with Crippen LogP contribution in [-0.2, 0) is 22.4 Å². The Hall–Kier alpha value is -4.42. The van der Waals surface area contributed by atoms with Gasteiger partial charge < -0.3 is 24.4 Å². The summed E-state index contributed by atoms with van der Waals surface area (Å²) in [5.74, 6) is -0.0472. The molecule has 13 heteroatoms. The highest BCUT2D eigenvalue weighted by atomic mass is 35.5. The number of carbonyl (C=O) groups is 2. The fourth-order valence-corrected chi connectivity index (χ4v) is 6.97. The summed E-state index contributed by atoms with van der Waals surface area (Å²) in [6, 6.07) is 18.1. The summed E-state index contributed by atoms with van der Waals surface area (Å²) in [5.41, 5.74) is 1.92. The number of nitrogens with one attached hydrogen (secondary N) is 1. The van der Waals surface area contributed by atoms with Crippen molar-refractivity contribution >= 4 is 41.0 Å². The lowest BCUT2D eigenvalue weighted by molar-refractivity contribution is -0.377. The Labute approximate surface area is 299 Å². The molecule has 3 fully saturated rings. The zero-order chi connectivity index (χ0) is 34.5. The number of pyridine rings is 1. The highest BCUT2D eigenvalue weighted by molar-refractivity contribution is 6.35. The van der Waals surface area contributed by atoms with E-state index in [0.29, 0.717) is 50.8 Å². The molecule has 2 bridgehead atoms. The summed E-state index contributed by atoms with van der Waals surface area (Å²) in [7, 11) is 3.03. The topological polar surface area (TPSA) is 122 Å². The van der Waals surface area contributed by atoms with Gasteiger partial charge in [0.15, 0.2) is 23.9 Å². The Morgan fingerprint density at radius 2 is 1.66 bits per heavy atom. The molecule has 10 nitrogen and oxygen atoms in total. The van der Waals surface area contributed by atoms with E-state index in [1.807, 2.05) is 6.07 Å². The molecule has 0 saturated carbocycles. The van der Waals surface area contributed by atoms with E-state index in [0.717, 1.165) is 25.9 Å². The molecule has 7 rings (SSSR count). The first-order valence-electron chi connectivity index (χ1n) is 16.0. The highest BCUT2D eigenvalue weighted by Crippen LogP contribution is 2.36. The number of anilines is 1. The molecule has 0 aliphatic carbocycles. The monoisotopic (exact) mass is 725 g/mol. The fourth-order valence-electron chi connectivity index (χ4n) is 6.43. The first-order valence-corrected chi connectivity index (χ1v) is 16.8. The summed E-state index contributed by atoms with van der Waals surface area (Å²) in [6.45, 7) is 2.54. The van der Waals surface area contributed by atoms with Crippen molar-refractivity contribution in [2.24, 2.45) is 5.92 Å². The maximum absolute atomic E-state index is 15.4. The minimum atomic E-state index is -0.865. The molecule has 2 atom stereocenters. The van der Waals surface area contributed by atoms with E-state index in [2.05, 4.69) is 9.88 Å². The van der Waals surface area contributed by atoms with Gasteiger partial charge >= 0.3 is 12.1 Å². The van der Waals surface area contributed by atoms with Crippen LogP contribution in [0.1, 0.15) is 46.0 Å². The number of H-pyrrole nitrogens is 1. The van der Waals surface area contributed by atoms with Gasteiger partial charge in [0.1, 0.15) is 28.1 Å². The van der Waals surface area contributed by atoms with Gasteiger partial charge in [-0.25, -0.2) is 19.0 Å². The number of benzene rings is 3. The molecule has 0 radical (unpaired) electrons. The number of aromatic nitrogens is 1. The molecule has 264 valence electrons. The summed E-state index contributed by atoms with van der Waals surface area (Å²) in [4.78, 5) is 34.0. The summed E-state index contributed by atoms with van der Waals surface area (Å²) in [6.07, 6.45) is 3.60. The van der Waals surface area contributed by atoms with Crippen molar-refractivity contribution in [3.05, 3.63) is 117 Å². The molecule has 50 heavy (non-hydrogen) atoms. The van der Waals surface area contributed by atoms with Gasteiger partial charge in [-0.05, 0) is 79.9 Å². The van der Waals surface area contributed by atoms with E-state index in [-0.39, 0.29) is 35.7 Å². The number of ether oxygens (including phenoxy) is 4. The Morgan fingerprint density at radius 3 is 2.30 bits per heavy atom. The van der Waals surface area contributed by atoms with Gasteiger partial charge in [-0.3, -0.25) is 9.80 Å². The average Bonchev–Trinajstić information content (AvgIpc) is 3.12. The van der Waals surface area contributed by atoms with E-state index in [1.165, 1.54) is 37.3 Å². The van der Waals surface area contributed by atoms with E-state index < -0.39 is 24.0 Å². The molecule has 3 saturated heterocycles. The van der Waals surface area contributed by atoms with Gasteiger partial charge in [0.05, 0.1) is 26.3 Å². The predicted molar refractivity (Wildman–Crippen MR) is 185 cm³/mol. The number of hydrogen-bond donors (Lipinski definition) is 0.